The lowest BCUT2D eigenvalue weighted by molar-refractivity contribution is 0.0794. The average molecular weight is 284 g/mol. The van der Waals surface area contributed by atoms with Gasteiger partial charge in [0.15, 0.2) is 0 Å². The van der Waals surface area contributed by atoms with Crippen LogP contribution in [0.25, 0.3) is 0 Å². The lowest BCUT2D eigenvalue weighted by Gasteiger charge is -2.30. The molecule has 118 valence electrons. The molecule has 3 atom stereocenters. The Morgan fingerprint density at radius 2 is 2.05 bits per heavy atom. The van der Waals surface area contributed by atoms with Crippen LogP contribution in [0.2, 0.25) is 0 Å². The van der Waals surface area contributed by atoms with Gasteiger partial charge >= 0.3 is 0 Å². The highest BCUT2D eigenvalue weighted by molar-refractivity contribution is 4.86. The summed E-state index contributed by atoms with van der Waals surface area (Å²) in [6, 6.07) is 1.17. The van der Waals surface area contributed by atoms with Crippen molar-refractivity contribution < 1.29 is 9.47 Å². The summed E-state index contributed by atoms with van der Waals surface area (Å²) in [5.74, 6) is 0.919. The lowest BCUT2D eigenvalue weighted by atomic mass is 10.1. The summed E-state index contributed by atoms with van der Waals surface area (Å²) in [5.41, 5.74) is 0. The van der Waals surface area contributed by atoms with E-state index in [-0.39, 0.29) is 0 Å². The summed E-state index contributed by atoms with van der Waals surface area (Å²) in [5, 5.41) is 3.64. The van der Waals surface area contributed by atoms with E-state index in [0.717, 1.165) is 38.8 Å². The second-order valence-electron chi connectivity index (χ2n) is 6.40. The fourth-order valence-corrected chi connectivity index (χ4v) is 3.17. The molecule has 20 heavy (non-hydrogen) atoms. The summed E-state index contributed by atoms with van der Waals surface area (Å²) < 4.78 is 11.0. The van der Waals surface area contributed by atoms with Gasteiger partial charge in [0.1, 0.15) is 0 Å². The molecular formula is C16H32N2O2. The molecule has 2 rings (SSSR count). The fraction of sp³-hybridized carbons (Fsp3) is 1.00. The molecule has 0 bridgehead atoms. The Morgan fingerprint density at radius 3 is 2.65 bits per heavy atom. The number of methoxy groups -OCH3 is 1. The first-order valence-electron chi connectivity index (χ1n) is 8.30. The van der Waals surface area contributed by atoms with Gasteiger partial charge in [-0.3, -0.25) is 4.90 Å². The van der Waals surface area contributed by atoms with Crippen LogP contribution in [0, 0.1) is 5.92 Å². The van der Waals surface area contributed by atoms with Gasteiger partial charge in [-0.15, -0.1) is 0 Å². The van der Waals surface area contributed by atoms with Crippen molar-refractivity contribution in [3.05, 3.63) is 0 Å². The van der Waals surface area contributed by atoms with Crippen LogP contribution in [-0.4, -0.2) is 63.0 Å². The highest BCUT2D eigenvalue weighted by atomic mass is 16.5. The van der Waals surface area contributed by atoms with Gasteiger partial charge in [-0.1, -0.05) is 0 Å². The summed E-state index contributed by atoms with van der Waals surface area (Å²) in [4.78, 5) is 2.58. The van der Waals surface area contributed by atoms with Crippen LogP contribution in [0.15, 0.2) is 0 Å². The zero-order chi connectivity index (χ0) is 14.4. The van der Waals surface area contributed by atoms with Gasteiger partial charge in [0.2, 0.25) is 0 Å². The van der Waals surface area contributed by atoms with E-state index in [1.807, 2.05) is 0 Å². The Bertz CT molecular complexity index is 265. The quantitative estimate of drug-likeness (QED) is 0.664. The van der Waals surface area contributed by atoms with Gasteiger partial charge in [0, 0.05) is 45.4 Å². The minimum atomic E-state index is 0.420. The minimum absolute atomic E-state index is 0.420. The molecule has 3 unspecified atom stereocenters. The Balaban J connectivity index is 1.67. The third kappa shape index (κ3) is 4.99. The Labute approximate surface area is 124 Å². The number of nitrogens with zero attached hydrogens (tertiary/aromatic N) is 1. The SMILES string of the molecule is COCCN(CCNC(C)C1CCCO1)C(C)C1CC1. The van der Waals surface area contributed by atoms with Crippen LogP contribution >= 0.6 is 0 Å². The maximum atomic E-state index is 5.74. The lowest BCUT2D eigenvalue weighted by Crippen LogP contribution is -2.45. The van der Waals surface area contributed by atoms with Crippen molar-refractivity contribution in [2.45, 2.75) is 57.7 Å². The molecule has 2 fully saturated rings. The van der Waals surface area contributed by atoms with E-state index in [4.69, 9.17) is 9.47 Å². The standard InChI is InChI=1S/C16H32N2O2/c1-13(16-5-4-11-20-16)17-8-9-18(10-12-19-3)14(2)15-6-7-15/h13-17H,4-12H2,1-3H3. The van der Waals surface area contributed by atoms with Crippen molar-refractivity contribution in [2.75, 3.05) is 40.0 Å². The molecule has 4 nitrogen and oxygen atoms in total. The second kappa shape index (κ2) is 8.32. The molecule has 0 spiro atoms. The van der Waals surface area contributed by atoms with Gasteiger partial charge in [0.25, 0.3) is 0 Å². The van der Waals surface area contributed by atoms with Crippen LogP contribution in [0.4, 0.5) is 0 Å². The highest BCUT2D eigenvalue weighted by Gasteiger charge is 2.31. The molecule has 1 heterocycles. The number of ether oxygens (including phenoxy) is 2. The van der Waals surface area contributed by atoms with E-state index in [1.165, 1.54) is 25.7 Å². The first-order chi connectivity index (χ1) is 9.72. The summed E-state index contributed by atoms with van der Waals surface area (Å²) >= 11 is 0. The minimum Gasteiger partial charge on any atom is -0.383 e. The molecule has 0 aromatic carbocycles. The largest absolute Gasteiger partial charge is 0.383 e. The van der Waals surface area contributed by atoms with Crippen molar-refractivity contribution in [3.63, 3.8) is 0 Å². The monoisotopic (exact) mass is 284 g/mol. The molecule has 0 aromatic rings. The number of rotatable bonds is 10. The first-order valence-corrected chi connectivity index (χ1v) is 8.30. The third-order valence-corrected chi connectivity index (χ3v) is 4.85. The molecule has 1 saturated heterocycles. The number of hydrogen-bond acceptors (Lipinski definition) is 4. The van der Waals surface area contributed by atoms with E-state index in [0.29, 0.717) is 18.2 Å². The van der Waals surface area contributed by atoms with Crippen LogP contribution in [0.1, 0.15) is 39.5 Å². The number of nitrogens with one attached hydrogen (secondary N) is 1. The van der Waals surface area contributed by atoms with Gasteiger partial charge in [0.05, 0.1) is 12.7 Å². The predicted octanol–water partition coefficient (Wildman–Crippen LogP) is 1.89. The molecule has 1 N–H and O–H groups in total. The molecule has 1 saturated carbocycles. The van der Waals surface area contributed by atoms with Gasteiger partial charge in [-0.25, -0.2) is 0 Å². The molecular weight excluding hydrogens is 252 g/mol. The Kier molecular flexibility index (Phi) is 6.75. The summed E-state index contributed by atoms with van der Waals surface area (Å²) in [6.07, 6.45) is 5.66. The van der Waals surface area contributed by atoms with E-state index >= 15 is 0 Å². The number of hydrogen-bond donors (Lipinski definition) is 1. The Morgan fingerprint density at radius 1 is 1.25 bits per heavy atom. The van der Waals surface area contributed by atoms with Crippen molar-refractivity contribution in [2.24, 2.45) is 5.92 Å². The molecule has 0 amide bonds. The third-order valence-electron chi connectivity index (χ3n) is 4.85. The maximum Gasteiger partial charge on any atom is 0.0726 e. The average Bonchev–Trinajstić information content (AvgIpc) is 3.16. The molecule has 0 aromatic heterocycles. The smallest absolute Gasteiger partial charge is 0.0726 e. The van der Waals surface area contributed by atoms with Crippen LogP contribution in [0.5, 0.6) is 0 Å². The van der Waals surface area contributed by atoms with Crippen LogP contribution in [-0.2, 0) is 9.47 Å². The van der Waals surface area contributed by atoms with Gasteiger partial charge in [-0.2, -0.15) is 0 Å². The fourth-order valence-electron chi connectivity index (χ4n) is 3.17. The topological polar surface area (TPSA) is 33.7 Å². The summed E-state index contributed by atoms with van der Waals surface area (Å²) in [7, 11) is 1.79. The van der Waals surface area contributed by atoms with E-state index in [1.54, 1.807) is 7.11 Å². The van der Waals surface area contributed by atoms with Crippen LogP contribution < -0.4 is 5.32 Å². The molecule has 0 radical (unpaired) electrons. The second-order valence-corrected chi connectivity index (χ2v) is 6.40. The van der Waals surface area contributed by atoms with Crippen molar-refractivity contribution in [1.82, 2.24) is 10.2 Å². The first kappa shape index (κ1) is 16.2. The molecule has 1 aliphatic heterocycles. The maximum absolute atomic E-state index is 5.74. The highest BCUT2D eigenvalue weighted by Crippen LogP contribution is 2.34. The molecule has 1 aliphatic carbocycles. The normalized spacial score (nSPS) is 26.1. The van der Waals surface area contributed by atoms with E-state index in [9.17, 15) is 0 Å². The van der Waals surface area contributed by atoms with E-state index in [2.05, 4.69) is 24.1 Å². The van der Waals surface area contributed by atoms with Crippen LogP contribution in [0.3, 0.4) is 0 Å². The van der Waals surface area contributed by atoms with E-state index < -0.39 is 0 Å². The zero-order valence-electron chi connectivity index (χ0n) is 13.4. The molecule has 2 aliphatic rings. The zero-order valence-corrected chi connectivity index (χ0v) is 13.4. The van der Waals surface area contributed by atoms with Crippen molar-refractivity contribution in [3.8, 4) is 0 Å². The van der Waals surface area contributed by atoms with Crippen molar-refractivity contribution in [1.29, 1.82) is 0 Å². The van der Waals surface area contributed by atoms with Gasteiger partial charge in [-0.05, 0) is 45.4 Å². The van der Waals surface area contributed by atoms with Gasteiger partial charge < -0.3 is 14.8 Å². The molecule has 4 heteroatoms. The predicted molar refractivity (Wildman–Crippen MR) is 82.1 cm³/mol. The van der Waals surface area contributed by atoms with Crippen molar-refractivity contribution >= 4 is 0 Å². The Hall–Kier alpha value is -0.160. The summed E-state index contributed by atoms with van der Waals surface area (Å²) in [6.45, 7) is 9.59.